The Morgan fingerprint density at radius 1 is 1.19 bits per heavy atom. The van der Waals surface area contributed by atoms with Crippen LogP contribution in [0.25, 0.3) is 0 Å². The lowest BCUT2D eigenvalue weighted by Crippen LogP contribution is -2.39. The molecule has 0 fully saturated rings. The molecule has 1 heterocycles. The van der Waals surface area contributed by atoms with Gasteiger partial charge in [0.05, 0.1) is 38.2 Å². The third-order valence-corrected chi connectivity index (χ3v) is 4.25. The Balaban J connectivity index is 2.58. The van der Waals surface area contributed by atoms with Crippen LogP contribution in [0.15, 0.2) is 29.5 Å². The molecule has 0 aliphatic carbocycles. The summed E-state index contributed by atoms with van der Waals surface area (Å²) >= 11 is 0. The molecule has 0 N–H and O–H groups in total. The van der Waals surface area contributed by atoms with Gasteiger partial charge in [0.25, 0.3) is 0 Å². The number of ether oxygens (including phenoxy) is 4. The van der Waals surface area contributed by atoms with Crippen molar-refractivity contribution in [1.82, 2.24) is 0 Å². The van der Waals surface area contributed by atoms with Gasteiger partial charge in [-0.05, 0) is 25.0 Å². The molecule has 1 aliphatic heterocycles. The molecule has 27 heavy (non-hydrogen) atoms. The highest BCUT2D eigenvalue weighted by Gasteiger charge is 2.34. The van der Waals surface area contributed by atoms with Crippen molar-refractivity contribution < 1.29 is 32.9 Å². The van der Waals surface area contributed by atoms with Crippen LogP contribution in [-0.2, 0) is 23.8 Å². The van der Waals surface area contributed by atoms with Crippen molar-refractivity contribution in [1.29, 1.82) is 0 Å². The van der Waals surface area contributed by atoms with Gasteiger partial charge in [0.15, 0.2) is 0 Å². The van der Waals surface area contributed by atoms with E-state index >= 15 is 0 Å². The van der Waals surface area contributed by atoms with Crippen molar-refractivity contribution in [2.45, 2.75) is 32.8 Å². The first-order chi connectivity index (χ1) is 13.0. The molecule has 8 heteroatoms. The van der Waals surface area contributed by atoms with E-state index in [9.17, 15) is 14.0 Å². The monoisotopic (exact) mass is 381 g/mol. The first kappa shape index (κ1) is 20.7. The first-order valence-electron chi connectivity index (χ1n) is 8.67. The minimum atomic E-state index is -0.753. The molecule has 0 atom stereocenters. The third kappa shape index (κ3) is 4.57. The maximum atomic E-state index is 14.0. The minimum absolute atomic E-state index is 0.00616. The zero-order valence-electron chi connectivity index (χ0n) is 15.9. The quantitative estimate of drug-likeness (QED) is 0.673. The van der Waals surface area contributed by atoms with E-state index in [4.69, 9.17) is 18.9 Å². The van der Waals surface area contributed by atoms with Gasteiger partial charge in [-0.2, -0.15) is 0 Å². The van der Waals surface area contributed by atoms with Crippen molar-refractivity contribution in [2.24, 2.45) is 0 Å². The average Bonchev–Trinajstić information content (AvgIpc) is 2.71. The van der Waals surface area contributed by atoms with Gasteiger partial charge in [-0.25, -0.2) is 14.0 Å². The molecule has 0 spiro atoms. The molecule has 148 valence electrons. The van der Waals surface area contributed by atoms with Crippen molar-refractivity contribution in [3.8, 4) is 5.75 Å². The van der Waals surface area contributed by atoms with Crippen LogP contribution in [-0.4, -0.2) is 45.6 Å². The molecule has 0 amide bonds. The maximum absolute atomic E-state index is 14.0. The summed E-state index contributed by atoms with van der Waals surface area (Å²) < 4.78 is 35.0. The van der Waals surface area contributed by atoms with Gasteiger partial charge in [-0.1, -0.05) is 13.8 Å². The van der Waals surface area contributed by atoms with Gasteiger partial charge in [0, 0.05) is 6.07 Å². The molecule has 1 aliphatic rings. The van der Waals surface area contributed by atoms with Crippen molar-refractivity contribution >= 4 is 17.6 Å². The molecule has 0 radical (unpaired) electrons. The second kappa shape index (κ2) is 9.36. The SMILES string of the molecule is CCC(CC)Oc1ccc(F)cc1N1COCC(C(=O)OC)=C1C(=O)OC. The molecular formula is C19H24FNO6. The van der Waals surface area contributed by atoms with Crippen LogP contribution >= 0.6 is 0 Å². The molecule has 0 saturated heterocycles. The summed E-state index contributed by atoms with van der Waals surface area (Å²) in [6, 6.07) is 3.99. The van der Waals surface area contributed by atoms with E-state index in [-0.39, 0.29) is 36.4 Å². The van der Waals surface area contributed by atoms with E-state index in [2.05, 4.69) is 0 Å². The Bertz CT molecular complexity index is 729. The number of benzene rings is 1. The predicted octanol–water partition coefficient (Wildman–Crippen LogP) is 2.79. The van der Waals surface area contributed by atoms with Gasteiger partial charge in [-0.15, -0.1) is 0 Å². The fraction of sp³-hybridized carbons (Fsp3) is 0.474. The normalized spacial score (nSPS) is 14.4. The summed E-state index contributed by atoms with van der Waals surface area (Å²) in [4.78, 5) is 25.9. The summed E-state index contributed by atoms with van der Waals surface area (Å²) in [6.07, 6.45) is 1.44. The zero-order valence-corrected chi connectivity index (χ0v) is 15.9. The highest BCUT2D eigenvalue weighted by Crippen LogP contribution is 2.35. The Labute approximate surface area is 157 Å². The van der Waals surface area contributed by atoms with Gasteiger partial charge < -0.3 is 23.8 Å². The van der Waals surface area contributed by atoms with E-state index in [0.717, 1.165) is 12.8 Å². The second-order valence-electron chi connectivity index (χ2n) is 5.88. The lowest BCUT2D eigenvalue weighted by molar-refractivity contribution is -0.140. The van der Waals surface area contributed by atoms with Crippen molar-refractivity contribution in [3.05, 3.63) is 35.3 Å². The number of hydrogen-bond acceptors (Lipinski definition) is 7. The van der Waals surface area contributed by atoms with Gasteiger partial charge in [-0.3, -0.25) is 0 Å². The fourth-order valence-electron chi connectivity index (χ4n) is 2.77. The zero-order chi connectivity index (χ0) is 20.0. The standard InChI is InChI=1S/C19H24FNO6/c1-5-13(6-2)27-16-8-7-12(20)9-15(16)21-11-26-10-14(18(22)24-3)17(21)19(23)25-4/h7-9,13H,5-6,10-11H2,1-4H3. The summed E-state index contributed by atoms with van der Waals surface area (Å²) in [7, 11) is 2.40. The molecule has 1 aromatic carbocycles. The molecule has 0 unspecified atom stereocenters. The molecule has 0 bridgehead atoms. The highest BCUT2D eigenvalue weighted by atomic mass is 19.1. The number of rotatable bonds is 7. The number of esters is 2. The van der Waals surface area contributed by atoms with Crippen molar-refractivity contribution in [2.75, 3.05) is 32.5 Å². The van der Waals surface area contributed by atoms with Crippen LogP contribution in [0.3, 0.4) is 0 Å². The van der Waals surface area contributed by atoms with Crippen LogP contribution in [0.2, 0.25) is 0 Å². The van der Waals surface area contributed by atoms with Crippen LogP contribution in [0, 0.1) is 5.82 Å². The topological polar surface area (TPSA) is 74.3 Å². The Morgan fingerprint density at radius 3 is 2.44 bits per heavy atom. The summed E-state index contributed by atoms with van der Waals surface area (Å²) in [5.74, 6) is -1.62. The number of anilines is 1. The second-order valence-corrected chi connectivity index (χ2v) is 5.88. The van der Waals surface area contributed by atoms with Gasteiger partial charge in [0.2, 0.25) is 0 Å². The number of methoxy groups -OCH3 is 2. The van der Waals surface area contributed by atoms with E-state index in [1.165, 1.54) is 37.3 Å². The average molecular weight is 381 g/mol. The third-order valence-electron chi connectivity index (χ3n) is 4.25. The largest absolute Gasteiger partial charge is 0.488 e. The van der Waals surface area contributed by atoms with Crippen LogP contribution in [0.5, 0.6) is 5.75 Å². The maximum Gasteiger partial charge on any atom is 0.355 e. The lowest BCUT2D eigenvalue weighted by Gasteiger charge is -2.32. The first-order valence-corrected chi connectivity index (χ1v) is 8.67. The van der Waals surface area contributed by atoms with E-state index in [1.807, 2.05) is 13.8 Å². The molecule has 0 saturated carbocycles. The summed E-state index contributed by atoms with van der Waals surface area (Å²) in [5, 5.41) is 0. The van der Waals surface area contributed by atoms with Crippen LogP contribution < -0.4 is 9.64 Å². The van der Waals surface area contributed by atoms with E-state index < -0.39 is 17.8 Å². The number of carbonyl (C=O) groups is 2. The molecule has 1 aromatic rings. The Hall–Kier alpha value is -2.61. The fourth-order valence-corrected chi connectivity index (χ4v) is 2.77. The van der Waals surface area contributed by atoms with Gasteiger partial charge >= 0.3 is 11.9 Å². The number of halogens is 1. The number of carbonyl (C=O) groups excluding carboxylic acids is 2. The molecule has 2 rings (SSSR count). The lowest BCUT2D eigenvalue weighted by atomic mass is 10.1. The Kier molecular flexibility index (Phi) is 7.18. The van der Waals surface area contributed by atoms with Gasteiger partial charge in [0.1, 0.15) is 24.0 Å². The number of nitrogens with zero attached hydrogens (tertiary/aromatic N) is 1. The predicted molar refractivity (Wildman–Crippen MR) is 95.8 cm³/mol. The van der Waals surface area contributed by atoms with E-state index in [0.29, 0.717) is 5.75 Å². The highest BCUT2D eigenvalue weighted by molar-refractivity contribution is 6.03. The minimum Gasteiger partial charge on any atom is -0.488 e. The summed E-state index contributed by atoms with van der Waals surface area (Å²) in [5.41, 5.74) is 0.201. The van der Waals surface area contributed by atoms with Crippen LogP contribution in [0.1, 0.15) is 26.7 Å². The molecule has 7 nitrogen and oxygen atoms in total. The summed E-state index contributed by atoms with van der Waals surface area (Å²) in [6.45, 7) is 3.77. The van der Waals surface area contributed by atoms with E-state index in [1.54, 1.807) is 0 Å². The molecular weight excluding hydrogens is 357 g/mol. The Morgan fingerprint density at radius 2 is 1.85 bits per heavy atom. The van der Waals surface area contributed by atoms with Crippen molar-refractivity contribution in [3.63, 3.8) is 0 Å². The smallest absolute Gasteiger partial charge is 0.355 e. The molecule has 0 aromatic heterocycles. The van der Waals surface area contributed by atoms with Crippen LogP contribution in [0.4, 0.5) is 10.1 Å². The number of hydrogen-bond donors (Lipinski definition) is 0.